The topological polar surface area (TPSA) is 91.4 Å². The number of ether oxygens (including phenoxy) is 2. The van der Waals surface area contributed by atoms with E-state index in [-0.39, 0.29) is 11.6 Å². The van der Waals surface area contributed by atoms with Crippen molar-refractivity contribution in [2.24, 2.45) is 5.73 Å². The summed E-state index contributed by atoms with van der Waals surface area (Å²) in [5.74, 6) is 0.781. The lowest BCUT2D eigenvalue weighted by Crippen LogP contribution is -2.29. The van der Waals surface area contributed by atoms with Crippen molar-refractivity contribution in [3.05, 3.63) is 53.1 Å². The summed E-state index contributed by atoms with van der Waals surface area (Å²) in [4.78, 5) is 15.6. The summed E-state index contributed by atoms with van der Waals surface area (Å²) in [5, 5.41) is 3.16. The Hall–Kier alpha value is -2.68. The van der Waals surface area contributed by atoms with Crippen molar-refractivity contribution >= 4 is 28.5 Å². The van der Waals surface area contributed by atoms with Gasteiger partial charge in [-0.2, -0.15) is 0 Å². The Labute approximate surface area is 172 Å². The summed E-state index contributed by atoms with van der Waals surface area (Å²) in [6, 6.07) is 9.40. The van der Waals surface area contributed by atoms with Gasteiger partial charge in [0.2, 0.25) is 5.91 Å². The number of hydrogen-bond donors (Lipinski definition) is 2. The molecule has 0 aliphatic carbocycles. The van der Waals surface area contributed by atoms with Gasteiger partial charge in [0.25, 0.3) is 0 Å². The average Bonchev–Trinajstić information content (AvgIpc) is 3.01. The molecule has 7 nitrogen and oxygen atoms in total. The molecule has 29 heavy (non-hydrogen) atoms. The van der Waals surface area contributed by atoms with E-state index >= 15 is 0 Å². The smallest absolute Gasteiger partial charge is 0.231 e. The normalized spacial score (nSPS) is 11.1. The number of imidazole rings is 1. The molecular formula is C20H22ClFN4O3. The molecule has 0 radical (unpaired) electrons. The molecule has 0 fully saturated rings. The van der Waals surface area contributed by atoms with Gasteiger partial charge in [-0.05, 0) is 37.3 Å². The SMILES string of the molecule is CCOCCn1c(CNCC(N)=O)nc2ccc(Oc3ccc(F)cc3Cl)cc21. The number of halogens is 2. The molecule has 3 rings (SSSR count). The summed E-state index contributed by atoms with van der Waals surface area (Å²) < 4.78 is 26.6. The summed E-state index contributed by atoms with van der Waals surface area (Å²) in [7, 11) is 0. The van der Waals surface area contributed by atoms with Crippen molar-refractivity contribution in [2.45, 2.75) is 20.0 Å². The molecule has 0 saturated carbocycles. The minimum atomic E-state index is -0.436. The van der Waals surface area contributed by atoms with Crippen LogP contribution in [0.2, 0.25) is 5.02 Å². The van der Waals surface area contributed by atoms with Gasteiger partial charge < -0.3 is 25.1 Å². The zero-order valence-electron chi connectivity index (χ0n) is 16.0. The second-order valence-electron chi connectivity index (χ2n) is 6.27. The van der Waals surface area contributed by atoms with Crippen LogP contribution in [0.25, 0.3) is 11.0 Å². The van der Waals surface area contributed by atoms with Gasteiger partial charge in [-0.1, -0.05) is 11.6 Å². The Morgan fingerprint density at radius 1 is 1.31 bits per heavy atom. The number of carbonyl (C=O) groups excluding carboxylic acids is 1. The van der Waals surface area contributed by atoms with Crippen LogP contribution < -0.4 is 15.8 Å². The fourth-order valence-electron chi connectivity index (χ4n) is 2.88. The standard InChI is InChI=1S/C20H22ClFN4O3/c1-2-28-8-7-26-17-10-14(29-18-6-3-13(22)9-15(18)21)4-5-16(17)25-20(26)12-24-11-19(23)27/h3-6,9-10,24H,2,7-8,11-12H2,1H3,(H2,23,27). The van der Waals surface area contributed by atoms with Gasteiger partial charge in [-0.3, -0.25) is 4.79 Å². The molecular weight excluding hydrogens is 399 g/mol. The van der Waals surface area contributed by atoms with Crippen LogP contribution in [0.1, 0.15) is 12.7 Å². The molecule has 1 heterocycles. The first-order chi connectivity index (χ1) is 14.0. The van der Waals surface area contributed by atoms with E-state index in [0.717, 1.165) is 16.9 Å². The first kappa shape index (κ1) is 21.0. The fraction of sp³-hybridized carbons (Fsp3) is 0.300. The lowest BCUT2D eigenvalue weighted by Gasteiger charge is -2.11. The molecule has 154 valence electrons. The molecule has 1 amide bonds. The fourth-order valence-corrected chi connectivity index (χ4v) is 3.09. The molecule has 3 aromatic rings. The number of aromatic nitrogens is 2. The van der Waals surface area contributed by atoms with E-state index in [1.165, 1.54) is 18.2 Å². The largest absolute Gasteiger partial charge is 0.456 e. The third kappa shape index (κ3) is 5.44. The predicted octanol–water partition coefficient (Wildman–Crippen LogP) is 3.23. The molecule has 0 unspecified atom stereocenters. The van der Waals surface area contributed by atoms with Crippen molar-refractivity contribution in [3.63, 3.8) is 0 Å². The van der Waals surface area contributed by atoms with Crippen LogP contribution >= 0.6 is 11.6 Å². The highest BCUT2D eigenvalue weighted by atomic mass is 35.5. The molecule has 0 spiro atoms. The van der Waals surface area contributed by atoms with Crippen LogP contribution in [0.5, 0.6) is 11.5 Å². The van der Waals surface area contributed by atoms with E-state index in [2.05, 4.69) is 10.3 Å². The molecule has 3 N–H and O–H groups in total. The van der Waals surface area contributed by atoms with Crippen molar-refractivity contribution < 1.29 is 18.7 Å². The summed E-state index contributed by atoms with van der Waals surface area (Å²) in [5.41, 5.74) is 6.80. The van der Waals surface area contributed by atoms with Gasteiger partial charge >= 0.3 is 0 Å². The Morgan fingerprint density at radius 3 is 2.86 bits per heavy atom. The molecule has 0 atom stereocenters. The number of nitrogens with two attached hydrogens (primary N) is 1. The summed E-state index contributed by atoms with van der Waals surface area (Å²) >= 11 is 6.06. The van der Waals surface area contributed by atoms with E-state index in [1.807, 2.05) is 23.6 Å². The second kappa shape index (κ2) is 9.69. The van der Waals surface area contributed by atoms with Gasteiger partial charge in [-0.25, -0.2) is 9.37 Å². The van der Waals surface area contributed by atoms with Crippen LogP contribution in [0, 0.1) is 5.82 Å². The quantitative estimate of drug-likeness (QED) is 0.491. The molecule has 0 saturated heterocycles. The highest BCUT2D eigenvalue weighted by molar-refractivity contribution is 6.32. The highest BCUT2D eigenvalue weighted by Crippen LogP contribution is 2.31. The third-order valence-corrected chi connectivity index (χ3v) is 4.46. The van der Waals surface area contributed by atoms with Crippen LogP contribution in [0.15, 0.2) is 36.4 Å². The highest BCUT2D eigenvalue weighted by Gasteiger charge is 2.13. The molecule has 1 aromatic heterocycles. The number of carbonyl (C=O) groups is 1. The molecule has 0 aliphatic heterocycles. The minimum absolute atomic E-state index is 0.0616. The Bertz CT molecular complexity index is 1010. The van der Waals surface area contributed by atoms with E-state index in [1.54, 1.807) is 6.07 Å². The van der Waals surface area contributed by atoms with Gasteiger partial charge in [-0.15, -0.1) is 0 Å². The van der Waals surface area contributed by atoms with Crippen LogP contribution in [-0.4, -0.2) is 35.2 Å². The molecule has 0 bridgehead atoms. The predicted molar refractivity (Wildman–Crippen MR) is 109 cm³/mol. The van der Waals surface area contributed by atoms with Crippen LogP contribution in [0.3, 0.4) is 0 Å². The number of benzene rings is 2. The monoisotopic (exact) mass is 420 g/mol. The first-order valence-electron chi connectivity index (χ1n) is 9.16. The van der Waals surface area contributed by atoms with E-state index in [4.69, 9.17) is 26.8 Å². The summed E-state index contributed by atoms with van der Waals surface area (Å²) in [6.45, 7) is 4.08. The minimum Gasteiger partial charge on any atom is -0.456 e. The number of primary amides is 1. The number of fused-ring (bicyclic) bond motifs is 1. The zero-order chi connectivity index (χ0) is 20.8. The maximum Gasteiger partial charge on any atom is 0.231 e. The van der Waals surface area contributed by atoms with Crippen LogP contribution in [-0.2, 0) is 22.6 Å². The average molecular weight is 421 g/mol. The van der Waals surface area contributed by atoms with Gasteiger partial charge in [0.05, 0.1) is 35.8 Å². The lowest BCUT2D eigenvalue weighted by atomic mass is 10.3. The van der Waals surface area contributed by atoms with Gasteiger partial charge in [0.1, 0.15) is 23.1 Å². The maximum atomic E-state index is 13.3. The van der Waals surface area contributed by atoms with Crippen LogP contribution in [0.4, 0.5) is 4.39 Å². The van der Waals surface area contributed by atoms with Gasteiger partial charge in [0, 0.05) is 19.2 Å². The van der Waals surface area contributed by atoms with Crippen molar-refractivity contribution in [3.8, 4) is 11.5 Å². The Kier molecular flexibility index (Phi) is 7.03. The number of nitrogens with zero attached hydrogens (tertiary/aromatic N) is 2. The Morgan fingerprint density at radius 2 is 2.14 bits per heavy atom. The van der Waals surface area contributed by atoms with E-state index < -0.39 is 11.7 Å². The van der Waals surface area contributed by atoms with E-state index in [9.17, 15) is 9.18 Å². The molecule has 0 aliphatic rings. The number of amides is 1. The number of rotatable bonds is 10. The first-order valence-corrected chi connectivity index (χ1v) is 9.54. The van der Waals surface area contributed by atoms with Gasteiger partial charge in [0.15, 0.2) is 0 Å². The number of hydrogen-bond acceptors (Lipinski definition) is 5. The van der Waals surface area contributed by atoms with E-state index in [0.29, 0.717) is 37.8 Å². The van der Waals surface area contributed by atoms with Crippen molar-refractivity contribution in [2.75, 3.05) is 19.8 Å². The molecule has 2 aromatic carbocycles. The lowest BCUT2D eigenvalue weighted by molar-refractivity contribution is -0.117. The Balaban J connectivity index is 1.89. The van der Waals surface area contributed by atoms with Crippen molar-refractivity contribution in [1.82, 2.24) is 14.9 Å². The number of nitrogens with one attached hydrogen (secondary N) is 1. The zero-order valence-corrected chi connectivity index (χ0v) is 16.7. The second-order valence-corrected chi connectivity index (χ2v) is 6.68. The third-order valence-electron chi connectivity index (χ3n) is 4.17. The maximum absolute atomic E-state index is 13.3. The molecule has 9 heteroatoms. The summed E-state index contributed by atoms with van der Waals surface area (Å²) in [6.07, 6.45) is 0. The van der Waals surface area contributed by atoms with Crippen molar-refractivity contribution in [1.29, 1.82) is 0 Å².